The molecule has 1 saturated carbocycles. The van der Waals surface area contributed by atoms with Crippen molar-refractivity contribution in [2.45, 2.75) is 19.3 Å². The number of aliphatic carboxylic acids is 1. The smallest absolute Gasteiger partial charge is 0.307 e. The van der Waals surface area contributed by atoms with E-state index in [2.05, 4.69) is 0 Å². The van der Waals surface area contributed by atoms with Crippen LogP contribution < -0.4 is 9.47 Å². The van der Waals surface area contributed by atoms with E-state index in [-0.39, 0.29) is 11.8 Å². The molecule has 1 fully saturated rings. The Balaban J connectivity index is 2.41. The Hall–Kier alpha value is -1.71. The molecule has 0 radical (unpaired) electrons. The summed E-state index contributed by atoms with van der Waals surface area (Å²) in [4.78, 5) is 10.9. The maximum Gasteiger partial charge on any atom is 0.307 e. The molecule has 4 heteroatoms. The molecule has 0 amide bonds. The second-order valence-electron chi connectivity index (χ2n) is 4.37. The molecule has 0 heterocycles. The fourth-order valence-electron chi connectivity index (χ4n) is 2.22. The first-order chi connectivity index (χ1) is 8.08. The van der Waals surface area contributed by atoms with Gasteiger partial charge in [-0.15, -0.1) is 0 Å². The van der Waals surface area contributed by atoms with Crippen LogP contribution in [-0.4, -0.2) is 25.3 Å². The highest BCUT2D eigenvalue weighted by molar-refractivity contribution is 5.76. The molecule has 1 aromatic rings. The summed E-state index contributed by atoms with van der Waals surface area (Å²) < 4.78 is 10.7. The maximum atomic E-state index is 10.9. The van der Waals surface area contributed by atoms with Crippen LogP contribution in [0.1, 0.15) is 23.5 Å². The molecule has 4 nitrogen and oxygen atoms in total. The summed E-state index contributed by atoms with van der Waals surface area (Å²) in [6.07, 6.45) is 0.658. The molecule has 0 aromatic heterocycles. The van der Waals surface area contributed by atoms with Gasteiger partial charge >= 0.3 is 5.97 Å². The van der Waals surface area contributed by atoms with E-state index in [9.17, 15) is 4.79 Å². The van der Waals surface area contributed by atoms with Crippen molar-refractivity contribution in [3.8, 4) is 11.5 Å². The molecular weight excluding hydrogens is 220 g/mol. The van der Waals surface area contributed by atoms with E-state index in [4.69, 9.17) is 14.6 Å². The van der Waals surface area contributed by atoms with Crippen molar-refractivity contribution in [2.75, 3.05) is 14.2 Å². The van der Waals surface area contributed by atoms with Crippen molar-refractivity contribution in [2.24, 2.45) is 5.92 Å². The van der Waals surface area contributed by atoms with Crippen LogP contribution in [0.2, 0.25) is 0 Å². The third-order valence-corrected chi connectivity index (χ3v) is 3.17. The van der Waals surface area contributed by atoms with Gasteiger partial charge in [-0.3, -0.25) is 4.79 Å². The topological polar surface area (TPSA) is 55.8 Å². The molecule has 17 heavy (non-hydrogen) atoms. The number of hydrogen-bond donors (Lipinski definition) is 1. The van der Waals surface area contributed by atoms with Crippen LogP contribution in [-0.2, 0) is 4.79 Å². The largest absolute Gasteiger partial charge is 0.496 e. The number of carboxylic acid groups (broad SMARTS) is 1. The van der Waals surface area contributed by atoms with Crippen molar-refractivity contribution in [1.82, 2.24) is 0 Å². The van der Waals surface area contributed by atoms with E-state index in [0.717, 1.165) is 22.6 Å². The van der Waals surface area contributed by atoms with Crippen LogP contribution in [0.4, 0.5) is 0 Å². The highest BCUT2D eigenvalue weighted by Crippen LogP contribution is 2.53. The van der Waals surface area contributed by atoms with Crippen LogP contribution >= 0.6 is 0 Å². The lowest BCUT2D eigenvalue weighted by atomic mass is 10.0. The lowest BCUT2D eigenvalue weighted by Crippen LogP contribution is -2.02. The Morgan fingerprint density at radius 2 is 1.82 bits per heavy atom. The third-order valence-electron chi connectivity index (χ3n) is 3.17. The molecule has 1 aliphatic rings. The van der Waals surface area contributed by atoms with Gasteiger partial charge in [0.1, 0.15) is 11.5 Å². The summed E-state index contributed by atoms with van der Waals surface area (Å²) in [6, 6.07) is 3.82. The predicted octanol–water partition coefficient (Wildman–Crippen LogP) is 2.20. The van der Waals surface area contributed by atoms with E-state index >= 15 is 0 Å². The van der Waals surface area contributed by atoms with Crippen molar-refractivity contribution in [3.63, 3.8) is 0 Å². The fraction of sp³-hybridized carbons (Fsp3) is 0.462. The maximum absolute atomic E-state index is 10.9. The molecule has 1 aliphatic carbocycles. The molecule has 92 valence electrons. The van der Waals surface area contributed by atoms with Gasteiger partial charge in [0, 0.05) is 11.5 Å². The van der Waals surface area contributed by atoms with E-state index < -0.39 is 5.97 Å². The quantitative estimate of drug-likeness (QED) is 0.870. The van der Waals surface area contributed by atoms with Gasteiger partial charge < -0.3 is 14.6 Å². The summed E-state index contributed by atoms with van der Waals surface area (Å²) in [5.41, 5.74) is 1.92. The van der Waals surface area contributed by atoms with Crippen molar-refractivity contribution >= 4 is 5.97 Å². The number of rotatable bonds is 4. The minimum absolute atomic E-state index is 0.0120. The second kappa shape index (κ2) is 4.28. The molecule has 2 atom stereocenters. The van der Waals surface area contributed by atoms with Gasteiger partial charge in [-0.25, -0.2) is 0 Å². The normalized spacial score (nSPS) is 22.1. The Bertz CT molecular complexity index is 428. The van der Waals surface area contributed by atoms with Gasteiger partial charge in [0.2, 0.25) is 0 Å². The van der Waals surface area contributed by atoms with Crippen LogP contribution in [0.5, 0.6) is 11.5 Å². The van der Waals surface area contributed by atoms with Gasteiger partial charge in [0.05, 0.1) is 20.1 Å². The molecule has 0 spiro atoms. The first-order valence-corrected chi connectivity index (χ1v) is 5.53. The number of carboxylic acids is 1. The van der Waals surface area contributed by atoms with Gasteiger partial charge in [-0.1, -0.05) is 0 Å². The van der Waals surface area contributed by atoms with Gasteiger partial charge in [0.15, 0.2) is 0 Å². The summed E-state index contributed by atoms with van der Waals surface area (Å²) in [5.74, 6) is 0.393. The molecule has 0 unspecified atom stereocenters. The molecule has 1 aromatic carbocycles. The Morgan fingerprint density at radius 3 is 2.18 bits per heavy atom. The van der Waals surface area contributed by atoms with Gasteiger partial charge in [-0.05, 0) is 31.0 Å². The zero-order valence-electron chi connectivity index (χ0n) is 10.2. The summed E-state index contributed by atoms with van der Waals surface area (Å²) in [7, 11) is 3.19. The average molecular weight is 236 g/mol. The van der Waals surface area contributed by atoms with E-state index in [1.165, 1.54) is 0 Å². The minimum Gasteiger partial charge on any atom is -0.496 e. The molecular formula is C13H16O4. The number of carbonyl (C=O) groups is 1. The van der Waals surface area contributed by atoms with Crippen molar-refractivity contribution in [3.05, 3.63) is 23.3 Å². The molecule has 0 bridgehead atoms. The lowest BCUT2D eigenvalue weighted by molar-refractivity contribution is -0.138. The van der Waals surface area contributed by atoms with Crippen LogP contribution in [0.25, 0.3) is 0 Å². The Morgan fingerprint density at radius 1 is 1.29 bits per heavy atom. The minimum atomic E-state index is -0.750. The number of aryl methyl sites for hydroxylation is 1. The highest BCUT2D eigenvalue weighted by Gasteiger charge is 2.47. The van der Waals surface area contributed by atoms with Gasteiger partial charge in [-0.2, -0.15) is 0 Å². The summed E-state index contributed by atoms with van der Waals surface area (Å²) >= 11 is 0. The summed E-state index contributed by atoms with van der Waals surface area (Å²) in [6.45, 7) is 1.95. The molecule has 1 N–H and O–H groups in total. The van der Waals surface area contributed by atoms with Gasteiger partial charge in [0.25, 0.3) is 0 Å². The lowest BCUT2D eigenvalue weighted by Gasteiger charge is -2.14. The SMILES string of the molecule is COc1cc(C)cc(OC)c1[C@@H]1C[C@H]1C(=O)O. The zero-order chi connectivity index (χ0) is 12.6. The first-order valence-electron chi connectivity index (χ1n) is 5.53. The van der Waals surface area contributed by atoms with Crippen molar-refractivity contribution in [1.29, 1.82) is 0 Å². The Labute approximate surface area is 100 Å². The highest BCUT2D eigenvalue weighted by atomic mass is 16.5. The Kier molecular flexibility index (Phi) is 2.96. The zero-order valence-corrected chi connectivity index (χ0v) is 10.2. The van der Waals surface area contributed by atoms with Crippen LogP contribution in [0.15, 0.2) is 12.1 Å². The van der Waals surface area contributed by atoms with Crippen LogP contribution in [0, 0.1) is 12.8 Å². The third kappa shape index (κ3) is 2.07. The molecule has 2 rings (SSSR count). The van der Waals surface area contributed by atoms with E-state index in [1.54, 1.807) is 14.2 Å². The average Bonchev–Trinajstić information content (AvgIpc) is 3.07. The standard InChI is InChI=1S/C13H16O4/c1-7-4-10(16-2)12(11(5-7)17-3)8-6-9(8)13(14)15/h4-5,8-9H,6H2,1-3H3,(H,14,15)/t8-,9-/m1/s1. The van der Waals surface area contributed by atoms with Crippen LogP contribution in [0.3, 0.4) is 0 Å². The molecule has 0 aliphatic heterocycles. The van der Waals surface area contributed by atoms with E-state index in [0.29, 0.717) is 6.42 Å². The monoisotopic (exact) mass is 236 g/mol. The first kappa shape index (κ1) is 11.8. The number of hydrogen-bond acceptors (Lipinski definition) is 3. The number of methoxy groups -OCH3 is 2. The predicted molar refractivity (Wildman–Crippen MR) is 62.8 cm³/mol. The van der Waals surface area contributed by atoms with Crippen molar-refractivity contribution < 1.29 is 19.4 Å². The van der Waals surface area contributed by atoms with E-state index in [1.807, 2.05) is 19.1 Å². The second-order valence-corrected chi connectivity index (χ2v) is 4.37. The summed E-state index contributed by atoms with van der Waals surface area (Å²) in [5, 5.41) is 8.99. The molecule has 0 saturated heterocycles. The fourth-order valence-corrected chi connectivity index (χ4v) is 2.22. The number of benzene rings is 1. The number of ether oxygens (including phenoxy) is 2.